The van der Waals surface area contributed by atoms with E-state index < -0.39 is 0 Å². The number of anilines is 2. The maximum atomic E-state index is 4.58. The molecule has 0 unspecified atom stereocenters. The van der Waals surface area contributed by atoms with Crippen molar-refractivity contribution in [3.63, 3.8) is 0 Å². The Kier molecular flexibility index (Phi) is 4.08. The smallest absolute Gasteiger partial charge is 0.234 e. The molecule has 0 fully saturated rings. The molecule has 0 bridgehead atoms. The number of rotatable bonds is 2. The van der Waals surface area contributed by atoms with E-state index in [9.17, 15) is 0 Å². The molecule has 0 N–H and O–H groups in total. The molecule has 0 radical (unpaired) electrons. The number of fused-ring (bicyclic) bond motifs is 1. The van der Waals surface area contributed by atoms with Crippen LogP contribution in [0.5, 0.6) is 0 Å². The first kappa shape index (κ1) is 15.9. The van der Waals surface area contributed by atoms with Crippen LogP contribution in [0.3, 0.4) is 0 Å². The summed E-state index contributed by atoms with van der Waals surface area (Å²) in [7, 11) is 1.97. The molecule has 0 saturated carbocycles. The molecule has 126 valence electrons. The van der Waals surface area contributed by atoms with E-state index in [2.05, 4.69) is 26.9 Å². The molecule has 0 spiro atoms. The van der Waals surface area contributed by atoms with Crippen LogP contribution >= 0.6 is 0 Å². The first-order chi connectivity index (χ1) is 12.7. The lowest BCUT2D eigenvalue weighted by atomic mass is 10.2. The van der Waals surface area contributed by atoms with Gasteiger partial charge in [-0.3, -0.25) is 0 Å². The summed E-state index contributed by atoms with van der Waals surface area (Å²) >= 11 is 0. The van der Waals surface area contributed by atoms with Crippen LogP contribution in [0.1, 0.15) is 17.0 Å². The van der Waals surface area contributed by atoms with Gasteiger partial charge in [0, 0.05) is 18.3 Å². The summed E-state index contributed by atoms with van der Waals surface area (Å²) in [6, 6.07) is 19.9. The minimum absolute atomic E-state index is 0.679. The third-order valence-corrected chi connectivity index (χ3v) is 4.02. The van der Waals surface area contributed by atoms with Gasteiger partial charge in [0.05, 0.1) is 11.8 Å². The van der Waals surface area contributed by atoms with Gasteiger partial charge in [-0.25, -0.2) is 4.98 Å². The molecule has 4 rings (SSSR count). The number of nitrogens with zero attached hydrogens (tertiary/aromatic N) is 5. The predicted molar refractivity (Wildman–Crippen MR) is 102 cm³/mol. The van der Waals surface area contributed by atoms with Crippen LogP contribution in [0.2, 0.25) is 0 Å². The van der Waals surface area contributed by atoms with Gasteiger partial charge in [0.15, 0.2) is 5.65 Å². The molecule has 2 aromatic heterocycles. The molecule has 0 atom stereocenters. The lowest BCUT2D eigenvalue weighted by molar-refractivity contribution is 0.846. The van der Waals surface area contributed by atoms with Gasteiger partial charge in [0.25, 0.3) is 0 Å². The summed E-state index contributed by atoms with van der Waals surface area (Å²) in [4.78, 5) is 11.1. The van der Waals surface area contributed by atoms with E-state index in [0.29, 0.717) is 17.4 Å². The highest BCUT2D eigenvalue weighted by Crippen LogP contribution is 2.22. The van der Waals surface area contributed by atoms with Crippen molar-refractivity contribution >= 4 is 17.3 Å². The van der Waals surface area contributed by atoms with Crippen molar-refractivity contribution in [3.8, 4) is 11.8 Å². The van der Waals surface area contributed by atoms with E-state index in [1.807, 2.05) is 79.5 Å². The van der Waals surface area contributed by atoms with Gasteiger partial charge >= 0.3 is 0 Å². The Morgan fingerprint density at radius 2 is 1.58 bits per heavy atom. The second-order valence-electron chi connectivity index (χ2n) is 5.88. The zero-order valence-electron chi connectivity index (χ0n) is 14.6. The standard InChI is InChI=1S/C21H17N5/c1-16-23-20-18(14-13-17-9-5-3-6-10-17)15-22-26(20)21(24-16)25(2)19-11-7-4-8-12-19/h3-12,15H,1-2H3. The quantitative estimate of drug-likeness (QED) is 0.524. The Labute approximate surface area is 152 Å². The number of benzene rings is 2. The molecule has 0 aliphatic carbocycles. The van der Waals surface area contributed by atoms with Crippen LogP contribution in [-0.4, -0.2) is 26.6 Å². The third kappa shape index (κ3) is 3.01. The lowest BCUT2D eigenvalue weighted by Gasteiger charge is -2.18. The molecule has 0 aliphatic heterocycles. The molecule has 0 saturated heterocycles. The third-order valence-electron chi connectivity index (χ3n) is 4.02. The number of hydrogen-bond acceptors (Lipinski definition) is 4. The van der Waals surface area contributed by atoms with Gasteiger partial charge in [-0.05, 0) is 31.2 Å². The van der Waals surface area contributed by atoms with Gasteiger partial charge in [0.2, 0.25) is 5.95 Å². The SMILES string of the molecule is Cc1nc(N(C)c2ccccc2)n2ncc(C#Cc3ccccc3)c2n1. The molecule has 26 heavy (non-hydrogen) atoms. The maximum absolute atomic E-state index is 4.58. The summed E-state index contributed by atoms with van der Waals surface area (Å²) in [5, 5.41) is 4.47. The zero-order valence-corrected chi connectivity index (χ0v) is 14.6. The highest BCUT2D eigenvalue weighted by atomic mass is 15.4. The van der Waals surface area contributed by atoms with Crippen molar-refractivity contribution in [2.24, 2.45) is 0 Å². The highest BCUT2D eigenvalue weighted by Gasteiger charge is 2.15. The van der Waals surface area contributed by atoms with Crippen molar-refractivity contribution in [3.05, 3.63) is 83.8 Å². The van der Waals surface area contributed by atoms with Crippen LogP contribution in [0.25, 0.3) is 5.65 Å². The fourth-order valence-electron chi connectivity index (χ4n) is 2.70. The largest absolute Gasteiger partial charge is 0.313 e. The maximum Gasteiger partial charge on any atom is 0.234 e. The van der Waals surface area contributed by atoms with Crippen LogP contribution in [0, 0.1) is 18.8 Å². The number of aromatic nitrogens is 4. The Morgan fingerprint density at radius 1 is 0.885 bits per heavy atom. The van der Waals surface area contributed by atoms with Crippen LogP contribution in [0.15, 0.2) is 66.9 Å². The summed E-state index contributed by atoms with van der Waals surface area (Å²) in [5.74, 6) is 7.72. The summed E-state index contributed by atoms with van der Waals surface area (Å²) in [6.45, 7) is 1.88. The van der Waals surface area contributed by atoms with Crippen LogP contribution in [0.4, 0.5) is 11.6 Å². The second kappa shape index (κ2) is 6.69. The summed E-state index contributed by atoms with van der Waals surface area (Å²) < 4.78 is 1.73. The Bertz CT molecular complexity index is 1110. The van der Waals surface area contributed by atoms with E-state index >= 15 is 0 Å². The van der Waals surface area contributed by atoms with Crippen molar-refractivity contribution < 1.29 is 0 Å². The fourth-order valence-corrected chi connectivity index (χ4v) is 2.70. The molecule has 5 heteroatoms. The molecule has 4 aromatic rings. The topological polar surface area (TPSA) is 46.3 Å². The normalized spacial score (nSPS) is 10.4. The van der Waals surface area contributed by atoms with Gasteiger partial charge in [-0.1, -0.05) is 48.2 Å². The Morgan fingerprint density at radius 3 is 2.31 bits per heavy atom. The first-order valence-electron chi connectivity index (χ1n) is 8.30. The van der Waals surface area contributed by atoms with Crippen molar-refractivity contribution in [2.45, 2.75) is 6.92 Å². The van der Waals surface area contributed by atoms with Crippen molar-refractivity contribution in [1.82, 2.24) is 19.6 Å². The molecule has 0 amide bonds. The number of para-hydroxylation sites is 1. The van der Waals surface area contributed by atoms with Crippen LogP contribution in [-0.2, 0) is 0 Å². The minimum atomic E-state index is 0.679. The Balaban J connectivity index is 1.80. The van der Waals surface area contributed by atoms with Gasteiger partial charge in [0.1, 0.15) is 5.82 Å². The second-order valence-corrected chi connectivity index (χ2v) is 5.88. The number of hydrogen-bond donors (Lipinski definition) is 0. The lowest BCUT2D eigenvalue weighted by Crippen LogP contribution is -2.17. The van der Waals surface area contributed by atoms with Gasteiger partial charge in [-0.2, -0.15) is 14.6 Å². The fraction of sp³-hybridized carbons (Fsp3) is 0.0952. The van der Waals surface area contributed by atoms with E-state index in [1.165, 1.54) is 0 Å². The van der Waals surface area contributed by atoms with E-state index in [0.717, 1.165) is 16.8 Å². The average molecular weight is 339 g/mol. The van der Waals surface area contributed by atoms with Crippen LogP contribution < -0.4 is 4.90 Å². The number of aryl methyl sites for hydroxylation is 1. The average Bonchev–Trinajstić information content (AvgIpc) is 3.09. The summed E-state index contributed by atoms with van der Waals surface area (Å²) in [6.07, 6.45) is 1.74. The van der Waals surface area contributed by atoms with Gasteiger partial charge < -0.3 is 4.90 Å². The van der Waals surface area contributed by atoms with E-state index in [1.54, 1.807) is 10.7 Å². The van der Waals surface area contributed by atoms with E-state index in [-0.39, 0.29) is 0 Å². The molecular weight excluding hydrogens is 322 g/mol. The predicted octanol–water partition coefficient (Wildman–Crippen LogP) is 3.60. The molecule has 2 heterocycles. The van der Waals surface area contributed by atoms with E-state index in [4.69, 9.17) is 0 Å². The first-order valence-corrected chi connectivity index (χ1v) is 8.30. The molecule has 0 aliphatic rings. The molecule has 2 aromatic carbocycles. The molecule has 5 nitrogen and oxygen atoms in total. The monoisotopic (exact) mass is 339 g/mol. The Hall–Kier alpha value is -3.65. The molecular formula is C21H17N5. The zero-order chi connectivity index (χ0) is 17.9. The van der Waals surface area contributed by atoms with Crippen molar-refractivity contribution in [2.75, 3.05) is 11.9 Å². The minimum Gasteiger partial charge on any atom is -0.313 e. The highest BCUT2D eigenvalue weighted by molar-refractivity contribution is 5.63. The summed E-state index contributed by atoms with van der Waals surface area (Å²) in [5.41, 5.74) is 3.47. The van der Waals surface area contributed by atoms with Gasteiger partial charge in [-0.15, -0.1) is 0 Å². The van der Waals surface area contributed by atoms with Crippen molar-refractivity contribution in [1.29, 1.82) is 0 Å².